The highest BCUT2D eigenvalue weighted by atomic mass is 19.1. The quantitative estimate of drug-likeness (QED) is 0.846. The summed E-state index contributed by atoms with van der Waals surface area (Å²) in [5.74, 6) is 1.69. The minimum absolute atomic E-state index is 0.225. The van der Waals surface area contributed by atoms with Crippen molar-refractivity contribution >= 4 is 5.82 Å². The number of ether oxygens (including phenoxy) is 1. The molecule has 0 aliphatic heterocycles. The fourth-order valence-electron chi connectivity index (χ4n) is 1.83. The lowest BCUT2D eigenvalue weighted by Crippen LogP contribution is -2.07. The van der Waals surface area contributed by atoms with Crippen LogP contribution in [0.2, 0.25) is 0 Å². The van der Waals surface area contributed by atoms with Gasteiger partial charge in [0.1, 0.15) is 17.5 Å². The molecule has 0 saturated carbocycles. The van der Waals surface area contributed by atoms with Crippen LogP contribution in [0.4, 0.5) is 10.2 Å². The molecule has 0 atom stereocenters. The van der Waals surface area contributed by atoms with Crippen molar-refractivity contribution < 1.29 is 9.13 Å². The molecule has 0 unspecified atom stereocenters. The summed E-state index contributed by atoms with van der Waals surface area (Å²) in [6.45, 7) is 5.02. The van der Waals surface area contributed by atoms with E-state index in [1.54, 1.807) is 18.2 Å². The molecule has 0 saturated heterocycles. The van der Waals surface area contributed by atoms with Crippen molar-refractivity contribution in [1.29, 1.82) is 0 Å². The van der Waals surface area contributed by atoms with Crippen molar-refractivity contribution in [1.82, 2.24) is 9.97 Å². The van der Waals surface area contributed by atoms with Gasteiger partial charge in [0.15, 0.2) is 0 Å². The molecule has 2 rings (SSSR count). The summed E-state index contributed by atoms with van der Waals surface area (Å²) in [6, 6.07) is 8.43. The van der Waals surface area contributed by atoms with E-state index in [4.69, 9.17) is 4.74 Å². The van der Waals surface area contributed by atoms with Gasteiger partial charge >= 0.3 is 0 Å². The van der Waals surface area contributed by atoms with Gasteiger partial charge in [0.25, 0.3) is 0 Å². The van der Waals surface area contributed by atoms with Gasteiger partial charge in [-0.2, -0.15) is 4.98 Å². The summed E-state index contributed by atoms with van der Waals surface area (Å²) >= 11 is 0. The zero-order valence-corrected chi connectivity index (χ0v) is 12.4. The zero-order chi connectivity index (χ0) is 15.1. The highest BCUT2D eigenvalue weighted by Crippen LogP contribution is 2.16. The molecule has 21 heavy (non-hydrogen) atoms. The van der Waals surface area contributed by atoms with Gasteiger partial charge < -0.3 is 10.1 Å². The third-order valence-corrected chi connectivity index (χ3v) is 2.94. The fraction of sp³-hybridized carbons (Fsp3) is 0.375. The van der Waals surface area contributed by atoms with Crippen LogP contribution < -0.4 is 10.1 Å². The highest BCUT2D eigenvalue weighted by Gasteiger charge is 2.06. The highest BCUT2D eigenvalue weighted by molar-refractivity contribution is 5.39. The number of hydrogen-bond acceptors (Lipinski definition) is 4. The number of rotatable bonds is 7. The van der Waals surface area contributed by atoms with Gasteiger partial charge in [-0.3, -0.25) is 0 Å². The van der Waals surface area contributed by atoms with Crippen LogP contribution >= 0.6 is 0 Å². The van der Waals surface area contributed by atoms with Crippen molar-refractivity contribution in [2.24, 2.45) is 0 Å². The van der Waals surface area contributed by atoms with Crippen LogP contribution in [0.5, 0.6) is 5.88 Å². The van der Waals surface area contributed by atoms with Crippen LogP contribution in [0.25, 0.3) is 0 Å². The molecule has 0 fully saturated rings. The average Bonchev–Trinajstić information content (AvgIpc) is 2.52. The van der Waals surface area contributed by atoms with Gasteiger partial charge in [0.2, 0.25) is 5.88 Å². The summed E-state index contributed by atoms with van der Waals surface area (Å²) in [5, 5.41) is 3.12. The Bertz CT molecular complexity index is 589. The standard InChI is InChI=1S/C16H20FN3O/c1-3-9-21-16-10-15(19-14(4-2)20-16)18-11-12-7-5-6-8-13(12)17/h5-8,10H,3-4,9,11H2,1-2H3,(H,18,19,20). The molecule has 0 aliphatic rings. The molecule has 1 aromatic carbocycles. The van der Waals surface area contributed by atoms with Gasteiger partial charge in [-0.1, -0.05) is 32.0 Å². The molecular weight excluding hydrogens is 269 g/mol. The number of hydrogen-bond donors (Lipinski definition) is 1. The molecule has 2 aromatic rings. The summed E-state index contributed by atoms with van der Waals surface area (Å²) in [6.07, 6.45) is 1.64. The lowest BCUT2D eigenvalue weighted by Gasteiger charge is -2.10. The molecule has 5 heteroatoms. The molecule has 1 aromatic heterocycles. The van der Waals surface area contributed by atoms with Crippen LogP contribution in [-0.2, 0) is 13.0 Å². The summed E-state index contributed by atoms with van der Waals surface area (Å²) in [5.41, 5.74) is 0.602. The second-order valence-corrected chi connectivity index (χ2v) is 4.65. The number of aromatic nitrogens is 2. The van der Waals surface area contributed by atoms with Crippen LogP contribution in [0.3, 0.4) is 0 Å². The summed E-state index contributed by atoms with van der Waals surface area (Å²) in [7, 11) is 0. The van der Waals surface area contributed by atoms with Gasteiger partial charge in [-0.05, 0) is 12.5 Å². The van der Waals surface area contributed by atoms with Crippen LogP contribution in [0, 0.1) is 5.82 Å². The Balaban J connectivity index is 2.09. The SMILES string of the molecule is CCCOc1cc(NCc2ccccc2F)nc(CC)n1. The third kappa shape index (κ3) is 4.41. The number of halogens is 1. The van der Waals surface area contributed by atoms with Crippen molar-refractivity contribution in [3.63, 3.8) is 0 Å². The normalized spacial score (nSPS) is 10.4. The molecule has 4 nitrogen and oxygen atoms in total. The van der Waals surface area contributed by atoms with Crippen molar-refractivity contribution in [2.45, 2.75) is 33.2 Å². The average molecular weight is 289 g/mol. The molecule has 112 valence electrons. The maximum absolute atomic E-state index is 13.6. The van der Waals surface area contributed by atoms with E-state index in [9.17, 15) is 4.39 Å². The summed E-state index contributed by atoms with van der Waals surface area (Å²) < 4.78 is 19.1. The second-order valence-electron chi connectivity index (χ2n) is 4.65. The van der Waals surface area contributed by atoms with Crippen LogP contribution in [0.1, 0.15) is 31.7 Å². The van der Waals surface area contributed by atoms with Gasteiger partial charge in [-0.15, -0.1) is 0 Å². The monoisotopic (exact) mass is 289 g/mol. The Kier molecular flexibility index (Phi) is 5.49. The largest absolute Gasteiger partial charge is 0.478 e. The smallest absolute Gasteiger partial charge is 0.218 e. The lowest BCUT2D eigenvalue weighted by molar-refractivity contribution is 0.304. The molecule has 1 N–H and O–H groups in total. The molecule has 0 amide bonds. The maximum atomic E-state index is 13.6. The molecule has 0 radical (unpaired) electrons. The van der Waals surface area contributed by atoms with E-state index in [1.807, 2.05) is 19.9 Å². The Labute approximate surface area is 124 Å². The topological polar surface area (TPSA) is 47.0 Å². The van der Waals surface area contributed by atoms with E-state index in [0.29, 0.717) is 36.2 Å². The number of benzene rings is 1. The van der Waals surface area contributed by atoms with Gasteiger partial charge in [0.05, 0.1) is 6.61 Å². The predicted molar refractivity (Wildman–Crippen MR) is 80.9 cm³/mol. The Morgan fingerprint density at radius 3 is 2.71 bits per heavy atom. The Morgan fingerprint density at radius 1 is 1.19 bits per heavy atom. The first-order chi connectivity index (χ1) is 10.2. The molecule has 0 spiro atoms. The fourth-order valence-corrected chi connectivity index (χ4v) is 1.83. The predicted octanol–water partition coefficient (Wildman–Crippen LogP) is 3.58. The van der Waals surface area contributed by atoms with Crippen molar-refractivity contribution in [2.75, 3.05) is 11.9 Å². The van der Waals surface area contributed by atoms with Crippen LogP contribution in [0.15, 0.2) is 30.3 Å². The Morgan fingerprint density at radius 2 is 2.00 bits per heavy atom. The Hall–Kier alpha value is -2.17. The summed E-state index contributed by atoms with van der Waals surface area (Å²) in [4.78, 5) is 8.69. The van der Waals surface area contributed by atoms with Crippen LogP contribution in [-0.4, -0.2) is 16.6 Å². The molecular formula is C16H20FN3O. The van der Waals surface area contributed by atoms with Crippen molar-refractivity contribution in [3.05, 3.63) is 47.5 Å². The number of nitrogens with one attached hydrogen (secondary N) is 1. The number of aryl methyl sites for hydroxylation is 1. The number of anilines is 1. The van der Waals surface area contributed by atoms with E-state index < -0.39 is 0 Å². The minimum atomic E-state index is -0.225. The third-order valence-electron chi connectivity index (χ3n) is 2.94. The first-order valence-electron chi connectivity index (χ1n) is 7.21. The molecule has 1 heterocycles. The van der Waals surface area contributed by atoms with E-state index in [0.717, 1.165) is 12.8 Å². The van der Waals surface area contributed by atoms with Crippen molar-refractivity contribution in [3.8, 4) is 5.88 Å². The van der Waals surface area contributed by atoms with E-state index >= 15 is 0 Å². The lowest BCUT2D eigenvalue weighted by atomic mass is 10.2. The number of nitrogens with zero attached hydrogens (tertiary/aromatic N) is 2. The van der Waals surface area contributed by atoms with Gasteiger partial charge in [0, 0.05) is 24.6 Å². The first kappa shape index (κ1) is 15.2. The second kappa shape index (κ2) is 7.57. The molecule has 0 aliphatic carbocycles. The van der Waals surface area contributed by atoms with E-state index in [1.165, 1.54) is 6.07 Å². The minimum Gasteiger partial charge on any atom is -0.478 e. The van der Waals surface area contributed by atoms with E-state index in [2.05, 4.69) is 15.3 Å². The van der Waals surface area contributed by atoms with Gasteiger partial charge in [-0.25, -0.2) is 9.37 Å². The maximum Gasteiger partial charge on any atom is 0.218 e. The molecule has 0 bridgehead atoms. The zero-order valence-electron chi connectivity index (χ0n) is 12.4. The van der Waals surface area contributed by atoms with E-state index in [-0.39, 0.29) is 5.82 Å². The first-order valence-corrected chi connectivity index (χ1v) is 7.21.